The molecule has 0 radical (unpaired) electrons. The maximum absolute atomic E-state index is 12.3. The van der Waals surface area contributed by atoms with Gasteiger partial charge in [0.05, 0.1) is 18.0 Å². The molecule has 6 heteroatoms. The van der Waals surface area contributed by atoms with Gasteiger partial charge in [-0.25, -0.2) is 4.98 Å². The number of nitrogen functional groups attached to an aromatic ring is 1. The van der Waals surface area contributed by atoms with Crippen LogP contribution in [-0.2, 0) is 4.74 Å². The number of hydrazine groups is 1. The van der Waals surface area contributed by atoms with Crippen molar-refractivity contribution in [3.8, 4) is 0 Å². The van der Waals surface area contributed by atoms with E-state index in [0.29, 0.717) is 24.5 Å². The van der Waals surface area contributed by atoms with Crippen LogP contribution < -0.4 is 11.3 Å². The smallest absolute Gasteiger partial charge is 0.272 e. The normalized spacial score (nSPS) is 18.3. The Kier molecular flexibility index (Phi) is 4.70. The summed E-state index contributed by atoms with van der Waals surface area (Å²) >= 11 is 0. The number of amides is 1. The van der Waals surface area contributed by atoms with Gasteiger partial charge in [0.25, 0.3) is 5.91 Å². The number of carbonyl (C=O) groups excluding carboxylic acids is 1. The van der Waals surface area contributed by atoms with Crippen LogP contribution in [0.1, 0.15) is 30.3 Å². The number of nitrogens with two attached hydrogens (primary N) is 1. The highest BCUT2D eigenvalue weighted by molar-refractivity contribution is 5.92. The molecule has 0 saturated carbocycles. The Bertz CT molecular complexity index is 415. The SMILES string of the molecule is CCN(CC1CCCO1)C(=O)c1ccc(NN)cn1. The van der Waals surface area contributed by atoms with E-state index in [1.807, 2.05) is 6.92 Å². The molecule has 0 aromatic carbocycles. The zero-order valence-electron chi connectivity index (χ0n) is 11.1. The predicted octanol–water partition coefficient (Wildman–Crippen LogP) is 1.01. The Hall–Kier alpha value is -1.66. The summed E-state index contributed by atoms with van der Waals surface area (Å²) in [5.41, 5.74) is 3.60. The van der Waals surface area contributed by atoms with E-state index in [2.05, 4.69) is 10.4 Å². The molecule has 0 spiro atoms. The van der Waals surface area contributed by atoms with Crippen LogP contribution in [0, 0.1) is 0 Å². The Morgan fingerprint density at radius 3 is 3.00 bits per heavy atom. The van der Waals surface area contributed by atoms with E-state index in [1.54, 1.807) is 23.2 Å². The second-order valence-corrected chi connectivity index (χ2v) is 4.56. The third-order valence-corrected chi connectivity index (χ3v) is 3.27. The third-order valence-electron chi connectivity index (χ3n) is 3.27. The minimum Gasteiger partial charge on any atom is -0.376 e. The first-order valence-corrected chi connectivity index (χ1v) is 6.58. The number of likely N-dealkylation sites (N-methyl/N-ethyl adjacent to an activating group) is 1. The number of hydrogen-bond donors (Lipinski definition) is 2. The fourth-order valence-electron chi connectivity index (χ4n) is 2.16. The third kappa shape index (κ3) is 3.42. The standard InChI is InChI=1S/C13H20N4O2/c1-2-17(9-11-4-3-7-19-11)13(18)12-6-5-10(16-14)8-15-12/h5-6,8,11,16H,2-4,7,9,14H2,1H3. The number of nitrogens with zero attached hydrogens (tertiary/aromatic N) is 2. The molecule has 1 aliphatic rings. The van der Waals surface area contributed by atoms with Gasteiger partial charge in [0.1, 0.15) is 5.69 Å². The van der Waals surface area contributed by atoms with Gasteiger partial charge in [-0.05, 0) is 31.9 Å². The van der Waals surface area contributed by atoms with Gasteiger partial charge in [0.2, 0.25) is 0 Å². The zero-order chi connectivity index (χ0) is 13.7. The number of rotatable bonds is 5. The molecule has 1 fully saturated rings. The Balaban J connectivity index is 2.01. The van der Waals surface area contributed by atoms with Gasteiger partial charge in [-0.15, -0.1) is 0 Å². The van der Waals surface area contributed by atoms with Crippen molar-refractivity contribution >= 4 is 11.6 Å². The first kappa shape index (κ1) is 13.8. The summed E-state index contributed by atoms with van der Waals surface area (Å²) in [4.78, 5) is 18.2. The minimum atomic E-state index is -0.0680. The largest absolute Gasteiger partial charge is 0.376 e. The second-order valence-electron chi connectivity index (χ2n) is 4.56. The second kappa shape index (κ2) is 6.49. The highest BCUT2D eigenvalue weighted by Crippen LogP contribution is 2.15. The lowest BCUT2D eigenvalue weighted by Gasteiger charge is -2.23. The van der Waals surface area contributed by atoms with Crippen molar-refractivity contribution in [3.63, 3.8) is 0 Å². The number of nitrogens with one attached hydrogen (secondary N) is 1. The summed E-state index contributed by atoms with van der Waals surface area (Å²) in [5, 5.41) is 0. The topological polar surface area (TPSA) is 80.5 Å². The van der Waals surface area contributed by atoms with E-state index in [1.165, 1.54) is 0 Å². The molecule has 2 heterocycles. The number of carbonyl (C=O) groups is 1. The molecule has 1 aromatic heterocycles. The summed E-state index contributed by atoms with van der Waals surface area (Å²) in [7, 11) is 0. The van der Waals surface area contributed by atoms with E-state index >= 15 is 0 Å². The first-order valence-electron chi connectivity index (χ1n) is 6.58. The molecule has 0 aliphatic carbocycles. The molecule has 1 aromatic rings. The summed E-state index contributed by atoms with van der Waals surface area (Å²) in [5.74, 6) is 5.20. The highest BCUT2D eigenvalue weighted by atomic mass is 16.5. The molecular formula is C13H20N4O2. The molecule has 104 valence electrons. The fourth-order valence-corrected chi connectivity index (χ4v) is 2.16. The van der Waals surface area contributed by atoms with E-state index in [9.17, 15) is 4.79 Å². The first-order chi connectivity index (χ1) is 9.24. The highest BCUT2D eigenvalue weighted by Gasteiger charge is 2.22. The maximum atomic E-state index is 12.3. The van der Waals surface area contributed by atoms with Gasteiger partial charge in [-0.3, -0.25) is 10.6 Å². The summed E-state index contributed by atoms with van der Waals surface area (Å²) < 4.78 is 5.57. The summed E-state index contributed by atoms with van der Waals surface area (Å²) in [6.45, 7) is 4.04. The maximum Gasteiger partial charge on any atom is 0.272 e. The minimum absolute atomic E-state index is 0.0680. The van der Waals surface area contributed by atoms with E-state index < -0.39 is 0 Å². The van der Waals surface area contributed by atoms with E-state index in [-0.39, 0.29) is 12.0 Å². The Labute approximate surface area is 112 Å². The molecular weight excluding hydrogens is 244 g/mol. The predicted molar refractivity (Wildman–Crippen MR) is 72.6 cm³/mol. The number of ether oxygens (including phenoxy) is 1. The molecule has 1 unspecified atom stereocenters. The van der Waals surface area contributed by atoms with Crippen LogP contribution in [0.25, 0.3) is 0 Å². The van der Waals surface area contributed by atoms with Crippen LogP contribution >= 0.6 is 0 Å². The number of hydrogen-bond acceptors (Lipinski definition) is 5. The van der Waals surface area contributed by atoms with Crippen molar-refractivity contribution in [2.45, 2.75) is 25.9 Å². The molecule has 2 rings (SSSR count). The van der Waals surface area contributed by atoms with Crippen molar-refractivity contribution in [2.24, 2.45) is 5.84 Å². The van der Waals surface area contributed by atoms with Crippen LogP contribution in [0.5, 0.6) is 0 Å². The Morgan fingerprint density at radius 1 is 1.63 bits per heavy atom. The van der Waals surface area contributed by atoms with Crippen molar-refractivity contribution in [3.05, 3.63) is 24.0 Å². The average Bonchev–Trinajstić information content (AvgIpc) is 2.97. The van der Waals surface area contributed by atoms with Crippen LogP contribution in [-0.4, -0.2) is 41.6 Å². The monoisotopic (exact) mass is 264 g/mol. The molecule has 1 atom stereocenters. The molecule has 0 bridgehead atoms. The average molecular weight is 264 g/mol. The van der Waals surface area contributed by atoms with E-state index in [4.69, 9.17) is 10.6 Å². The fraction of sp³-hybridized carbons (Fsp3) is 0.538. The number of anilines is 1. The molecule has 1 aliphatic heterocycles. The summed E-state index contributed by atoms with van der Waals surface area (Å²) in [6.07, 6.45) is 3.81. The lowest BCUT2D eigenvalue weighted by Crippen LogP contribution is -2.37. The van der Waals surface area contributed by atoms with Gasteiger partial charge in [0.15, 0.2) is 0 Å². The molecule has 3 N–H and O–H groups in total. The van der Waals surface area contributed by atoms with Crippen molar-refractivity contribution < 1.29 is 9.53 Å². The van der Waals surface area contributed by atoms with Crippen molar-refractivity contribution in [2.75, 3.05) is 25.1 Å². The van der Waals surface area contributed by atoms with Gasteiger partial charge in [0, 0.05) is 19.7 Å². The molecule has 6 nitrogen and oxygen atoms in total. The van der Waals surface area contributed by atoms with Gasteiger partial charge in [-0.1, -0.05) is 0 Å². The van der Waals surface area contributed by atoms with Crippen LogP contribution in [0.3, 0.4) is 0 Å². The van der Waals surface area contributed by atoms with E-state index in [0.717, 1.165) is 19.4 Å². The van der Waals surface area contributed by atoms with Crippen molar-refractivity contribution in [1.29, 1.82) is 0 Å². The van der Waals surface area contributed by atoms with Gasteiger partial charge >= 0.3 is 0 Å². The molecule has 19 heavy (non-hydrogen) atoms. The quantitative estimate of drug-likeness (QED) is 0.613. The number of pyridine rings is 1. The van der Waals surface area contributed by atoms with Crippen LogP contribution in [0.4, 0.5) is 5.69 Å². The number of aromatic nitrogens is 1. The zero-order valence-corrected chi connectivity index (χ0v) is 11.1. The van der Waals surface area contributed by atoms with Gasteiger partial charge in [-0.2, -0.15) is 0 Å². The Morgan fingerprint density at radius 2 is 2.47 bits per heavy atom. The van der Waals surface area contributed by atoms with Crippen LogP contribution in [0.15, 0.2) is 18.3 Å². The molecule has 1 saturated heterocycles. The lowest BCUT2D eigenvalue weighted by molar-refractivity contribution is 0.0535. The molecule has 1 amide bonds. The van der Waals surface area contributed by atoms with Crippen LogP contribution in [0.2, 0.25) is 0 Å². The van der Waals surface area contributed by atoms with Crippen molar-refractivity contribution in [1.82, 2.24) is 9.88 Å². The summed E-state index contributed by atoms with van der Waals surface area (Å²) in [6, 6.07) is 3.41. The lowest BCUT2D eigenvalue weighted by atomic mass is 10.2. The van der Waals surface area contributed by atoms with Gasteiger partial charge < -0.3 is 15.1 Å².